The van der Waals surface area contributed by atoms with Crippen LogP contribution in [0.2, 0.25) is 0 Å². The molecule has 1 heterocycles. The summed E-state index contributed by atoms with van der Waals surface area (Å²) in [5, 5.41) is 19.5. The molecule has 0 bridgehead atoms. The SMILES string of the molecule is CC(C(=O)O)C1CN(Cc2cc(F)cc([N+](=O)[O-])c2)C1. The van der Waals surface area contributed by atoms with Crippen molar-refractivity contribution in [3.8, 4) is 0 Å². The molecule has 6 nitrogen and oxygen atoms in total. The largest absolute Gasteiger partial charge is 0.481 e. The zero-order valence-corrected chi connectivity index (χ0v) is 11.0. The summed E-state index contributed by atoms with van der Waals surface area (Å²) in [5.74, 6) is -1.79. The lowest BCUT2D eigenvalue weighted by Gasteiger charge is -2.41. The summed E-state index contributed by atoms with van der Waals surface area (Å²) in [4.78, 5) is 22.8. The van der Waals surface area contributed by atoms with Crippen molar-refractivity contribution in [2.75, 3.05) is 13.1 Å². The number of nitro groups is 1. The zero-order chi connectivity index (χ0) is 14.9. The third kappa shape index (κ3) is 3.11. The molecule has 1 saturated heterocycles. The standard InChI is InChI=1S/C13H15FN2O4/c1-8(13(17)18)10-6-15(7-10)5-9-2-11(14)4-12(3-9)16(19)20/h2-4,8,10H,5-7H2,1H3,(H,17,18). The van der Waals surface area contributed by atoms with E-state index in [4.69, 9.17) is 5.11 Å². The highest BCUT2D eigenvalue weighted by Gasteiger charge is 2.34. The van der Waals surface area contributed by atoms with Gasteiger partial charge in [0.05, 0.1) is 16.9 Å². The Labute approximate surface area is 115 Å². The number of carboxylic acid groups (broad SMARTS) is 1. The van der Waals surface area contributed by atoms with Gasteiger partial charge < -0.3 is 5.11 Å². The maximum atomic E-state index is 13.3. The second-order valence-electron chi connectivity index (χ2n) is 5.16. The maximum absolute atomic E-state index is 13.3. The summed E-state index contributed by atoms with van der Waals surface area (Å²) in [7, 11) is 0. The first-order valence-corrected chi connectivity index (χ1v) is 6.26. The van der Waals surface area contributed by atoms with Crippen LogP contribution >= 0.6 is 0 Å². The molecule has 1 aromatic carbocycles. The van der Waals surface area contributed by atoms with Gasteiger partial charge in [0, 0.05) is 25.7 Å². The molecule has 108 valence electrons. The fourth-order valence-corrected chi connectivity index (χ4v) is 2.35. The molecule has 1 N–H and O–H groups in total. The van der Waals surface area contributed by atoms with Gasteiger partial charge in [-0.2, -0.15) is 0 Å². The van der Waals surface area contributed by atoms with Gasteiger partial charge in [-0.3, -0.25) is 19.8 Å². The van der Waals surface area contributed by atoms with Crippen LogP contribution in [0.3, 0.4) is 0 Å². The van der Waals surface area contributed by atoms with Crippen LogP contribution in [0.25, 0.3) is 0 Å². The Morgan fingerprint density at radius 1 is 1.55 bits per heavy atom. The van der Waals surface area contributed by atoms with Crippen molar-refractivity contribution in [1.82, 2.24) is 4.90 Å². The number of rotatable bonds is 5. The quantitative estimate of drug-likeness (QED) is 0.658. The van der Waals surface area contributed by atoms with Gasteiger partial charge in [0.25, 0.3) is 5.69 Å². The number of hydrogen-bond donors (Lipinski definition) is 1. The molecular weight excluding hydrogens is 267 g/mol. The van der Waals surface area contributed by atoms with Crippen molar-refractivity contribution in [3.05, 3.63) is 39.7 Å². The van der Waals surface area contributed by atoms with Gasteiger partial charge in [-0.1, -0.05) is 6.92 Å². The number of likely N-dealkylation sites (tertiary alicyclic amines) is 1. The van der Waals surface area contributed by atoms with Crippen molar-refractivity contribution in [2.24, 2.45) is 11.8 Å². The summed E-state index contributed by atoms with van der Waals surface area (Å²) in [5.41, 5.74) is 0.258. The smallest absolute Gasteiger partial charge is 0.306 e. The molecule has 0 spiro atoms. The predicted molar refractivity (Wildman–Crippen MR) is 68.6 cm³/mol. The molecule has 2 rings (SSSR count). The minimum absolute atomic E-state index is 0.0797. The fourth-order valence-electron chi connectivity index (χ4n) is 2.35. The van der Waals surface area contributed by atoms with Crippen LogP contribution in [-0.4, -0.2) is 34.0 Å². The summed E-state index contributed by atoms with van der Waals surface area (Å²) < 4.78 is 13.3. The highest BCUT2D eigenvalue weighted by molar-refractivity contribution is 5.70. The molecular formula is C13H15FN2O4. The number of nitrogens with zero attached hydrogens (tertiary/aromatic N) is 2. The number of carboxylic acids is 1. The average molecular weight is 282 g/mol. The normalized spacial score (nSPS) is 17.5. The van der Waals surface area contributed by atoms with Crippen molar-refractivity contribution < 1.29 is 19.2 Å². The maximum Gasteiger partial charge on any atom is 0.306 e. The van der Waals surface area contributed by atoms with Crippen LogP contribution in [0.1, 0.15) is 12.5 Å². The van der Waals surface area contributed by atoms with E-state index in [1.54, 1.807) is 6.92 Å². The van der Waals surface area contributed by atoms with E-state index in [1.807, 2.05) is 4.90 Å². The Hall–Kier alpha value is -2.02. The first-order valence-electron chi connectivity index (χ1n) is 6.26. The van der Waals surface area contributed by atoms with E-state index < -0.39 is 22.6 Å². The Balaban J connectivity index is 1.96. The number of hydrogen-bond acceptors (Lipinski definition) is 4. The molecule has 20 heavy (non-hydrogen) atoms. The highest BCUT2D eigenvalue weighted by atomic mass is 19.1. The number of aliphatic carboxylic acids is 1. The molecule has 7 heteroatoms. The van der Waals surface area contributed by atoms with E-state index in [9.17, 15) is 19.3 Å². The first kappa shape index (κ1) is 14.4. The monoisotopic (exact) mass is 282 g/mol. The average Bonchev–Trinajstić information content (AvgIpc) is 2.31. The molecule has 1 unspecified atom stereocenters. The molecule has 0 aromatic heterocycles. The van der Waals surface area contributed by atoms with Crippen LogP contribution in [0, 0.1) is 27.8 Å². The van der Waals surface area contributed by atoms with E-state index in [0.717, 1.165) is 6.07 Å². The molecule has 1 aliphatic rings. The second kappa shape index (κ2) is 5.54. The van der Waals surface area contributed by atoms with Crippen molar-refractivity contribution in [3.63, 3.8) is 0 Å². The summed E-state index contributed by atoms with van der Waals surface area (Å²) in [6, 6.07) is 3.49. The molecule has 0 saturated carbocycles. The molecule has 1 aromatic rings. The third-order valence-corrected chi connectivity index (χ3v) is 3.64. The van der Waals surface area contributed by atoms with Crippen molar-refractivity contribution >= 4 is 11.7 Å². The Morgan fingerprint density at radius 3 is 2.75 bits per heavy atom. The number of non-ortho nitro benzene ring substituents is 1. The Bertz CT molecular complexity index is 543. The van der Waals surface area contributed by atoms with Gasteiger partial charge in [-0.15, -0.1) is 0 Å². The Morgan fingerprint density at radius 2 is 2.20 bits per heavy atom. The van der Waals surface area contributed by atoms with Crippen LogP contribution in [0.4, 0.5) is 10.1 Å². The van der Waals surface area contributed by atoms with Crippen LogP contribution in [-0.2, 0) is 11.3 Å². The molecule has 1 aliphatic heterocycles. The number of benzene rings is 1. The van der Waals surface area contributed by atoms with E-state index >= 15 is 0 Å². The van der Waals surface area contributed by atoms with Crippen LogP contribution in [0.5, 0.6) is 0 Å². The first-order chi connectivity index (χ1) is 9.36. The molecule has 0 aliphatic carbocycles. The topological polar surface area (TPSA) is 83.7 Å². The number of carbonyl (C=O) groups is 1. The minimum atomic E-state index is -0.823. The van der Waals surface area contributed by atoms with E-state index in [1.165, 1.54) is 12.1 Å². The summed E-state index contributed by atoms with van der Waals surface area (Å²) >= 11 is 0. The van der Waals surface area contributed by atoms with Crippen molar-refractivity contribution in [2.45, 2.75) is 13.5 Å². The molecule has 0 amide bonds. The molecule has 1 fully saturated rings. The van der Waals surface area contributed by atoms with E-state index in [2.05, 4.69) is 0 Å². The molecule has 0 radical (unpaired) electrons. The summed E-state index contributed by atoms with van der Waals surface area (Å²) in [6.45, 7) is 3.27. The lowest BCUT2D eigenvalue weighted by molar-refractivity contribution is -0.385. The third-order valence-electron chi connectivity index (χ3n) is 3.64. The Kier molecular flexibility index (Phi) is 3.99. The van der Waals surface area contributed by atoms with Gasteiger partial charge in [0.15, 0.2) is 0 Å². The van der Waals surface area contributed by atoms with Gasteiger partial charge >= 0.3 is 5.97 Å². The lowest BCUT2D eigenvalue weighted by atomic mass is 9.87. The zero-order valence-electron chi connectivity index (χ0n) is 11.0. The second-order valence-corrected chi connectivity index (χ2v) is 5.16. The van der Waals surface area contributed by atoms with Gasteiger partial charge in [0.1, 0.15) is 5.82 Å². The number of halogens is 1. The predicted octanol–water partition coefficient (Wildman–Crippen LogP) is 1.89. The number of nitro benzene ring substituents is 1. The van der Waals surface area contributed by atoms with E-state index in [-0.39, 0.29) is 11.6 Å². The van der Waals surface area contributed by atoms with Gasteiger partial charge in [-0.05, 0) is 17.5 Å². The highest BCUT2D eigenvalue weighted by Crippen LogP contribution is 2.26. The minimum Gasteiger partial charge on any atom is -0.481 e. The van der Waals surface area contributed by atoms with Gasteiger partial charge in [0.2, 0.25) is 0 Å². The van der Waals surface area contributed by atoms with E-state index in [0.29, 0.717) is 25.2 Å². The van der Waals surface area contributed by atoms with Crippen LogP contribution in [0.15, 0.2) is 18.2 Å². The lowest BCUT2D eigenvalue weighted by Crippen LogP contribution is -2.50. The van der Waals surface area contributed by atoms with Gasteiger partial charge in [-0.25, -0.2) is 4.39 Å². The molecule has 1 atom stereocenters. The summed E-state index contributed by atoms with van der Waals surface area (Å²) in [6.07, 6.45) is 0. The van der Waals surface area contributed by atoms with Crippen molar-refractivity contribution in [1.29, 1.82) is 0 Å². The fraction of sp³-hybridized carbons (Fsp3) is 0.462. The van der Waals surface area contributed by atoms with Crippen LogP contribution < -0.4 is 0 Å².